The van der Waals surface area contributed by atoms with Crippen LogP contribution in [0, 0.1) is 0 Å². The van der Waals surface area contributed by atoms with Gasteiger partial charge in [0.2, 0.25) is 10.0 Å². The van der Waals surface area contributed by atoms with E-state index in [1.165, 1.54) is 37.7 Å². The van der Waals surface area contributed by atoms with Gasteiger partial charge in [0.15, 0.2) is 5.96 Å². The van der Waals surface area contributed by atoms with Crippen molar-refractivity contribution in [2.24, 2.45) is 4.99 Å². The van der Waals surface area contributed by atoms with Gasteiger partial charge in [-0.15, -0.1) is 0 Å². The van der Waals surface area contributed by atoms with Gasteiger partial charge in [-0.1, -0.05) is 44.4 Å². The predicted octanol–water partition coefficient (Wildman–Crippen LogP) is 2.18. The summed E-state index contributed by atoms with van der Waals surface area (Å²) in [5, 5.41) is 6.44. The Balaban J connectivity index is 2.67. The molecule has 0 aliphatic rings. The molecule has 24 heavy (non-hydrogen) atoms. The first-order valence-electron chi connectivity index (χ1n) is 8.38. The van der Waals surface area contributed by atoms with Gasteiger partial charge < -0.3 is 10.6 Å². The summed E-state index contributed by atoms with van der Waals surface area (Å²) in [7, 11) is 1.33. The molecular formula is C17H30N4O2S. The minimum absolute atomic E-state index is 0.320. The van der Waals surface area contributed by atoms with Crippen LogP contribution in [0.2, 0.25) is 0 Å². The highest BCUT2D eigenvalue weighted by molar-refractivity contribution is 7.89. The summed E-state index contributed by atoms with van der Waals surface area (Å²) in [5.74, 6) is 0.684. The number of rotatable bonds is 9. The Morgan fingerprint density at radius 3 is 2.46 bits per heavy atom. The van der Waals surface area contributed by atoms with Crippen molar-refractivity contribution in [1.29, 1.82) is 0 Å². The molecular weight excluding hydrogens is 324 g/mol. The highest BCUT2D eigenvalue weighted by atomic mass is 32.2. The van der Waals surface area contributed by atoms with E-state index < -0.39 is 10.0 Å². The molecule has 0 atom stereocenters. The fourth-order valence-electron chi connectivity index (χ4n) is 2.26. The number of sulfonamides is 1. The van der Waals surface area contributed by atoms with Crippen LogP contribution >= 0.6 is 0 Å². The Hall–Kier alpha value is -1.60. The first kappa shape index (κ1) is 20.4. The van der Waals surface area contributed by atoms with Crippen molar-refractivity contribution in [1.82, 2.24) is 14.9 Å². The molecule has 0 radical (unpaired) electrons. The summed E-state index contributed by atoms with van der Waals surface area (Å²) in [6, 6.07) is 7.03. The number of guanidine groups is 1. The van der Waals surface area contributed by atoms with Gasteiger partial charge in [-0.3, -0.25) is 4.99 Å². The standard InChI is InChI=1S/C17H30N4O2S/c1-5-6-7-10-13-19-17(18-2)20-14-15-11-8-9-12-16(15)24(22,23)21(3)4/h8-9,11-12H,5-7,10,13-14H2,1-4H3,(H2,18,19,20). The molecule has 0 bridgehead atoms. The number of nitrogens with zero attached hydrogens (tertiary/aromatic N) is 2. The summed E-state index contributed by atoms with van der Waals surface area (Å²) < 4.78 is 26.0. The van der Waals surface area contributed by atoms with E-state index in [1.807, 2.05) is 12.1 Å². The number of nitrogens with one attached hydrogen (secondary N) is 2. The second-order valence-electron chi connectivity index (χ2n) is 5.81. The van der Waals surface area contributed by atoms with Gasteiger partial charge in [-0.05, 0) is 18.1 Å². The van der Waals surface area contributed by atoms with Crippen LogP contribution in [-0.2, 0) is 16.6 Å². The number of hydrogen-bond acceptors (Lipinski definition) is 3. The Kier molecular flexibility index (Phi) is 8.78. The Morgan fingerprint density at radius 2 is 1.83 bits per heavy atom. The molecule has 0 saturated carbocycles. The number of aliphatic imine (C=N–C) groups is 1. The van der Waals surface area contributed by atoms with Crippen LogP contribution < -0.4 is 10.6 Å². The fraction of sp³-hybridized carbons (Fsp3) is 0.588. The van der Waals surface area contributed by atoms with Crippen LogP contribution in [0.15, 0.2) is 34.2 Å². The third-order valence-electron chi connectivity index (χ3n) is 3.72. The minimum atomic E-state index is -3.46. The molecule has 0 unspecified atom stereocenters. The highest BCUT2D eigenvalue weighted by Gasteiger charge is 2.20. The lowest BCUT2D eigenvalue weighted by Crippen LogP contribution is -2.37. The average Bonchev–Trinajstić information content (AvgIpc) is 2.57. The molecule has 6 nitrogen and oxygen atoms in total. The molecule has 136 valence electrons. The SMILES string of the molecule is CCCCCCNC(=NC)NCc1ccccc1S(=O)(=O)N(C)C. The molecule has 0 aliphatic carbocycles. The summed E-state index contributed by atoms with van der Waals surface area (Å²) in [4.78, 5) is 4.50. The Morgan fingerprint density at radius 1 is 1.12 bits per heavy atom. The molecule has 0 spiro atoms. The molecule has 0 fully saturated rings. The zero-order chi connectivity index (χ0) is 18.0. The molecule has 7 heteroatoms. The molecule has 2 N–H and O–H groups in total. The molecule has 0 amide bonds. The summed E-state index contributed by atoms with van der Waals surface area (Å²) in [5.41, 5.74) is 0.722. The third kappa shape index (κ3) is 6.13. The van der Waals surface area contributed by atoms with Crippen LogP contribution in [0.25, 0.3) is 0 Å². The average molecular weight is 355 g/mol. The molecule has 0 saturated heterocycles. The maximum absolute atomic E-state index is 12.4. The van der Waals surface area contributed by atoms with Gasteiger partial charge in [-0.25, -0.2) is 12.7 Å². The Bertz CT molecular complexity index is 627. The smallest absolute Gasteiger partial charge is 0.242 e. The summed E-state index contributed by atoms with van der Waals surface area (Å²) in [6.07, 6.45) is 4.75. The molecule has 1 aromatic rings. The van der Waals surface area contributed by atoms with Gasteiger partial charge in [0, 0.05) is 34.2 Å². The van der Waals surface area contributed by atoms with E-state index in [9.17, 15) is 8.42 Å². The number of benzene rings is 1. The largest absolute Gasteiger partial charge is 0.356 e. The van der Waals surface area contributed by atoms with Gasteiger partial charge >= 0.3 is 0 Å². The quantitative estimate of drug-likeness (QED) is 0.405. The maximum atomic E-state index is 12.4. The lowest BCUT2D eigenvalue weighted by Gasteiger charge is -2.17. The molecule has 0 heterocycles. The lowest BCUT2D eigenvalue weighted by molar-refractivity contribution is 0.519. The molecule has 1 rings (SSSR count). The lowest BCUT2D eigenvalue weighted by atomic mass is 10.2. The first-order chi connectivity index (χ1) is 11.4. The van der Waals surface area contributed by atoms with E-state index in [4.69, 9.17) is 0 Å². The first-order valence-corrected chi connectivity index (χ1v) is 9.82. The van der Waals surface area contributed by atoms with E-state index >= 15 is 0 Å². The van der Waals surface area contributed by atoms with E-state index in [1.54, 1.807) is 19.2 Å². The van der Waals surface area contributed by atoms with Gasteiger partial charge in [0.1, 0.15) is 0 Å². The zero-order valence-electron chi connectivity index (χ0n) is 15.2. The number of hydrogen-bond donors (Lipinski definition) is 2. The molecule has 0 aliphatic heterocycles. The maximum Gasteiger partial charge on any atom is 0.242 e. The second-order valence-corrected chi connectivity index (χ2v) is 7.93. The van der Waals surface area contributed by atoms with Crippen LogP contribution in [0.1, 0.15) is 38.2 Å². The van der Waals surface area contributed by atoms with Crippen LogP contribution in [0.5, 0.6) is 0 Å². The van der Waals surface area contributed by atoms with Crippen molar-refractivity contribution in [2.75, 3.05) is 27.7 Å². The van der Waals surface area contributed by atoms with Gasteiger partial charge in [0.25, 0.3) is 0 Å². The predicted molar refractivity (Wildman–Crippen MR) is 99.7 cm³/mol. The topological polar surface area (TPSA) is 73.8 Å². The van der Waals surface area contributed by atoms with E-state index in [0.29, 0.717) is 17.4 Å². The molecule has 0 aromatic heterocycles. The highest BCUT2D eigenvalue weighted by Crippen LogP contribution is 2.18. The van der Waals surface area contributed by atoms with Crippen molar-refractivity contribution in [3.63, 3.8) is 0 Å². The van der Waals surface area contributed by atoms with E-state index in [-0.39, 0.29) is 0 Å². The normalized spacial score (nSPS) is 12.5. The van der Waals surface area contributed by atoms with Crippen LogP contribution in [0.4, 0.5) is 0 Å². The monoisotopic (exact) mass is 354 g/mol. The minimum Gasteiger partial charge on any atom is -0.356 e. The molecule has 1 aromatic carbocycles. The van der Waals surface area contributed by atoms with Crippen molar-refractivity contribution in [3.8, 4) is 0 Å². The van der Waals surface area contributed by atoms with E-state index in [2.05, 4.69) is 22.5 Å². The van der Waals surface area contributed by atoms with Crippen molar-refractivity contribution >= 4 is 16.0 Å². The van der Waals surface area contributed by atoms with Gasteiger partial charge in [-0.2, -0.15) is 0 Å². The fourth-order valence-corrected chi connectivity index (χ4v) is 3.37. The second kappa shape index (κ2) is 10.3. The summed E-state index contributed by atoms with van der Waals surface area (Å²) in [6.45, 7) is 3.45. The number of unbranched alkanes of at least 4 members (excludes halogenated alkanes) is 3. The zero-order valence-corrected chi connectivity index (χ0v) is 16.0. The van der Waals surface area contributed by atoms with Gasteiger partial charge in [0.05, 0.1) is 4.90 Å². The summed E-state index contributed by atoms with van der Waals surface area (Å²) >= 11 is 0. The van der Waals surface area contributed by atoms with Crippen molar-refractivity contribution < 1.29 is 8.42 Å². The van der Waals surface area contributed by atoms with Crippen LogP contribution in [-0.4, -0.2) is 46.4 Å². The third-order valence-corrected chi connectivity index (χ3v) is 5.64. The van der Waals surface area contributed by atoms with Crippen molar-refractivity contribution in [2.45, 2.75) is 44.0 Å². The van der Waals surface area contributed by atoms with Crippen LogP contribution in [0.3, 0.4) is 0 Å². The van der Waals surface area contributed by atoms with Crippen molar-refractivity contribution in [3.05, 3.63) is 29.8 Å². The Labute approximate surface area is 146 Å². The van der Waals surface area contributed by atoms with E-state index in [0.717, 1.165) is 18.5 Å².